The van der Waals surface area contributed by atoms with Gasteiger partial charge in [0.1, 0.15) is 11.3 Å². The summed E-state index contributed by atoms with van der Waals surface area (Å²) in [4.78, 5) is 11.6. The van der Waals surface area contributed by atoms with Crippen LogP contribution in [0.5, 0.6) is 0 Å². The number of halogens is 1. The third kappa shape index (κ3) is 2.89. The number of hydrogen-bond donors (Lipinski definition) is 0. The van der Waals surface area contributed by atoms with Gasteiger partial charge in [-0.05, 0) is 32.8 Å². The van der Waals surface area contributed by atoms with E-state index < -0.39 is 11.3 Å². The molecule has 0 unspecified atom stereocenters. The second-order valence-electron chi connectivity index (χ2n) is 5.92. The molecule has 1 saturated carbocycles. The van der Waals surface area contributed by atoms with Gasteiger partial charge in [0.2, 0.25) is 0 Å². The van der Waals surface area contributed by atoms with Crippen LogP contribution in [0.2, 0.25) is 0 Å². The number of esters is 1. The number of ether oxygens (including phenoxy) is 1. The van der Waals surface area contributed by atoms with Crippen molar-refractivity contribution in [2.75, 3.05) is 0 Å². The lowest BCUT2D eigenvalue weighted by molar-refractivity contribution is -0.155. The average Bonchev–Trinajstić information content (AvgIpc) is 2.89. The molecule has 1 aromatic carbocycles. The van der Waals surface area contributed by atoms with E-state index in [1.54, 1.807) is 12.1 Å². The van der Waals surface area contributed by atoms with Gasteiger partial charge in [0.05, 0.1) is 6.42 Å². The fourth-order valence-corrected chi connectivity index (χ4v) is 2.19. The van der Waals surface area contributed by atoms with Crippen LogP contribution in [0.1, 0.15) is 39.2 Å². The lowest BCUT2D eigenvalue weighted by Crippen LogP contribution is -2.24. The summed E-state index contributed by atoms with van der Waals surface area (Å²) in [6.07, 6.45) is 0.568. The Labute approximate surface area is 107 Å². The molecule has 0 N–H and O–H groups in total. The Morgan fingerprint density at radius 1 is 1.39 bits per heavy atom. The van der Waals surface area contributed by atoms with Crippen molar-refractivity contribution in [2.45, 2.75) is 44.9 Å². The monoisotopic (exact) mass is 250 g/mol. The fourth-order valence-electron chi connectivity index (χ4n) is 2.19. The normalized spacial score (nSPS) is 26.8. The third-order valence-corrected chi connectivity index (χ3v) is 3.12. The van der Waals surface area contributed by atoms with Crippen molar-refractivity contribution < 1.29 is 13.9 Å². The molecule has 18 heavy (non-hydrogen) atoms. The smallest absolute Gasteiger partial charge is 0.306 e. The maximum Gasteiger partial charge on any atom is 0.306 e. The van der Waals surface area contributed by atoms with Crippen LogP contribution in [0.25, 0.3) is 0 Å². The SMILES string of the molecule is CC(C)(C)OC(=O)C[C@@H]1C[C@@]1(F)c1ccccc1. The van der Waals surface area contributed by atoms with Crippen molar-refractivity contribution in [1.29, 1.82) is 0 Å². The minimum absolute atomic E-state index is 0.155. The molecule has 1 aliphatic carbocycles. The standard InChI is InChI=1S/C15H19FO2/c1-14(2,3)18-13(17)9-12-10-15(12,16)11-7-5-4-6-8-11/h4-8,12H,9-10H2,1-3H3/t12-,15-/m1/s1. The van der Waals surface area contributed by atoms with Gasteiger partial charge in [-0.2, -0.15) is 0 Å². The highest BCUT2D eigenvalue weighted by Crippen LogP contribution is 2.57. The number of benzene rings is 1. The molecule has 1 fully saturated rings. The predicted molar refractivity (Wildman–Crippen MR) is 67.8 cm³/mol. The van der Waals surface area contributed by atoms with E-state index in [0.29, 0.717) is 12.0 Å². The van der Waals surface area contributed by atoms with Gasteiger partial charge in [0.15, 0.2) is 0 Å². The van der Waals surface area contributed by atoms with Gasteiger partial charge < -0.3 is 4.74 Å². The highest BCUT2D eigenvalue weighted by molar-refractivity contribution is 5.71. The molecular formula is C15H19FO2. The first-order valence-corrected chi connectivity index (χ1v) is 6.27. The van der Waals surface area contributed by atoms with Gasteiger partial charge in [0, 0.05) is 5.92 Å². The second kappa shape index (κ2) is 4.38. The molecule has 2 rings (SSSR count). The third-order valence-electron chi connectivity index (χ3n) is 3.12. The zero-order valence-corrected chi connectivity index (χ0v) is 11.1. The van der Waals surface area contributed by atoms with Crippen molar-refractivity contribution in [3.63, 3.8) is 0 Å². The first-order chi connectivity index (χ1) is 8.31. The van der Waals surface area contributed by atoms with Crippen LogP contribution in [0.3, 0.4) is 0 Å². The molecule has 2 atom stereocenters. The lowest BCUT2D eigenvalue weighted by Gasteiger charge is -2.19. The van der Waals surface area contributed by atoms with Gasteiger partial charge in [0.25, 0.3) is 0 Å². The second-order valence-corrected chi connectivity index (χ2v) is 5.92. The minimum atomic E-state index is -1.34. The van der Waals surface area contributed by atoms with E-state index >= 15 is 0 Å². The average molecular weight is 250 g/mol. The van der Waals surface area contributed by atoms with E-state index in [1.807, 2.05) is 39.0 Å². The summed E-state index contributed by atoms with van der Waals surface area (Å²) >= 11 is 0. The minimum Gasteiger partial charge on any atom is -0.460 e. The summed E-state index contributed by atoms with van der Waals surface area (Å²) in [6.45, 7) is 5.45. The van der Waals surface area contributed by atoms with E-state index in [-0.39, 0.29) is 18.3 Å². The summed E-state index contributed by atoms with van der Waals surface area (Å²) in [5.41, 5.74) is -1.17. The Morgan fingerprint density at radius 2 is 2.00 bits per heavy atom. The van der Waals surface area contributed by atoms with Gasteiger partial charge in [-0.3, -0.25) is 4.79 Å². The molecule has 0 radical (unpaired) electrons. The van der Waals surface area contributed by atoms with Crippen LogP contribution >= 0.6 is 0 Å². The fraction of sp³-hybridized carbons (Fsp3) is 0.533. The van der Waals surface area contributed by atoms with Crippen LogP contribution < -0.4 is 0 Å². The molecule has 1 aromatic rings. The topological polar surface area (TPSA) is 26.3 Å². The van der Waals surface area contributed by atoms with Crippen LogP contribution in [0, 0.1) is 5.92 Å². The van der Waals surface area contributed by atoms with Gasteiger partial charge in [-0.15, -0.1) is 0 Å². The summed E-state index contributed by atoms with van der Waals surface area (Å²) in [6, 6.07) is 9.04. The Morgan fingerprint density at radius 3 is 2.56 bits per heavy atom. The van der Waals surface area contributed by atoms with Crippen molar-refractivity contribution in [3.8, 4) is 0 Å². The summed E-state index contributed by atoms with van der Waals surface area (Å²) in [7, 11) is 0. The van der Waals surface area contributed by atoms with E-state index in [1.165, 1.54) is 0 Å². The van der Waals surface area contributed by atoms with E-state index in [9.17, 15) is 9.18 Å². The number of hydrogen-bond acceptors (Lipinski definition) is 2. The van der Waals surface area contributed by atoms with E-state index in [2.05, 4.69) is 0 Å². The van der Waals surface area contributed by atoms with Gasteiger partial charge in [-0.25, -0.2) is 4.39 Å². The zero-order valence-electron chi connectivity index (χ0n) is 11.1. The Kier molecular flexibility index (Phi) is 3.18. The molecule has 98 valence electrons. The zero-order chi connectivity index (χ0) is 13.4. The van der Waals surface area contributed by atoms with Crippen molar-refractivity contribution in [2.24, 2.45) is 5.92 Å². The highest BCUT2D eigenvalue weighted by atomic mass is 19.1. The van der Waals surface area contributed by atoms with Crippen molar-refractivity contribution >= 4 is 5.97 Å². The van der Waals surface area contributed by atoms with E-state index in [0.717, 1.165) is 0 Å². The molecule has 1 aliphatic rings. The highest BCUT2D eigenvalue weighted by Gasteiger charge is 2.57. The van der Waals surface area contributed by atoms with Crippen LogP contribution in [0.4, 0.5) is 4.39 Å². The Hall–Kier alpha value is -1.38. The molecule has 3 heteroatoms. The number of alkyl halides is 1. The van der Waals surface area contributed by atoms with Crippen LogP contribution in [0.15, 0.2) is 30.3 Å². The molecule has 0 saturated heterocycles. The lowest BCUT2D eigenvalue weighted by atomic mass is 10.1. The number of rotatable bonds is 3. The first kappa shape index (κ1) is 13.1. The molecule has 0 aliphatic heterocycles. The Bertz CT molecular complexity index is 436. The molecule has 0 heterocycles. The number of carbonyl (C=O) groups is 1. The quantitative estimate of drug-likeness (QED) is 0.766. The maximum atomic E-state index is 14.5. The summed E-state index contributed by atoms with van der Waals surface area (Å²) in [5.74, 6) is -0.558. The molecule has 0 bridgehead atoms. The largest absolute Gasteiger partial charge is 0.460 e. The first-order valence-electron chi connectivity index (χ1n) is 6.27. The summed E-state index contributed by atoms with van der Waals surface area (Å²) in [5, 5.41) is 0. The van der Waals surface area contributed by atoms with Gasteiger partial charge in [-0.1, -0.05) is 30.3 Å². The molecular weight excluding hydrogens is 231 g/mol. The maximum absolute atomic E-state index is 14.5. The van der Waals surface area contributed by atoms with Gasteiger partial charge >= 0.3 is 5.97 Å². The summed E-state index contributed by atoms with van der Waals surface area (Å²) < 4.78 is 19.7. The number of carbonyl (C=O) groups excluding carboxylic acids is 1. The molecule has 0 aromatic heterocycles. The molecule has 0 spiro atoms. The van der Waals surface area contributed by atoms with E-state index in [4.69, 9.17) is 4.74 Å². The van der Waals surface area contributed by atoms with Crippen molar-refractivity contribution in [3.05, 3.63) is 35.9 Å². The van der Waals surface area contributed by atoms with Crippen molar-refractivity contribution in [1.82, 2.24) is 0 Å². The molecule has 0 amide bonds. The van der Waals surface area contributed by atoms with Crippen LogP contribution in [-0.2, 0) is 15.2 Å². The van der Waals surface area contributed by atoms with Crippen LogP contribution in [-0.4, -0.2) is 11.6 Å². The predicted octanol–water partition coefficient (Wildman–Crippen LogP) is 3.60. The molecule has 2 nitrogen and oxygen atoms in total. The Balaban J connectivity index is 1.94.